The largest absolute Gasteiger partial charge is 0.454 e. The average Bonchev–Trinajstić information content (AvgIpc) is 2.62. The van der Waals surface area contributed by atoms with Crippen molar-refractivity contribution in [3.05, 3.63) is 51.5 Å². The Kier molecular flexibility index (Phi) is 6.04. The highest BCUT2D eigenvalue weighted by Crippen LogP contribution is 2.39. The van der Waals surface area contributed by atoms with E-state index in [4.69, 9.17) is 38.4 Å². The highest BCUT2D eigenvalue weighted by molar-refractivity contribution is 6.37. The fourth-order valence-corrected chi connectivity index (χ4v) is 3.75. The maximum atomic E-state index is 11.6. The molecule has 0 saturated heterocycles. The number of benzene rings is 2. The summed E-state index contributed by atoms with van der Waals surface area (Å²) in [4.78, 5) is 13.8. The van der Waals surface area contributed by atoms with Crippen molar-refractivity contribution in [3.8, 4) is 11.5 Å². The van der Waals surface area contributed by atoms with Crippen LogP contribution < -0.4 is 10.5 Å². The van der Waals surface area contributed by atoms with E-state index in [1.54, 1.807) is 19.2 Å². The zero-order chi connectivity index (χ0) is 18.7. The topological polar surface area (TPSA) is 64.8 Å². The standard InChI is InChI=1S/C19H20Cl2N2O3/c1-25-7-6-23-5-4-12-8-14(2-3-15(12)18(23)11-24)26-19-16(20)9-13(22)10-17(19)21/h2-3,8-11,18H,4-7,22H2,1H3. The van der Waals surface area contributed by atoms with Crippen LogP contribution >= 0.6 is 23.2 Å². The molecular formula is C19H20Cl2N2O3. The summed E-state index contributed by atoms with van der Waals surface area (Å²) >= 11 is 12.4. The fraction of sp³-hybridized carbons (Fsp3) is 0.316. The second kappa shape index (κ2) is 8.27. The minimum Gasteiger partial charge on any atom is -0.454 e. The monoisotopic (exact) mass is 394 g/mol. The zero-order valence-electron chi connectivity index (χ0n) is 14.4. The van der Waals surface area contributed by atoms with E-state index in [1.807, 2.05) is 18.2 Å². The lowest BCUT2D eigenvalue weighted by molar-refractivity contribution is -0.113. The summed E-state index contributed by atoms with van der Waals surface area (Å²) in [6, 6.07) is 8.59. The van der Waals surface area contributed by atoms with Crippen LogP contribution in [-0.2, 0) is 16.0 Å². The number of nitrogen functional groups attached to an aromatic ring is 1. The molecule has 0 fully saturated rings. The Morgan fingerprint density at radius 2 is 2.00 bits per heavy atom. The smallest absolute Gasteiger partial charge is 0.164 e. The van der Waals surface area contributed by atoms with Gasteiger partial charge < -0.3 is 20.0 Å². The van der Waals surface area contributed by atoms with E-state index in [0.29, 0.717) is 40.4 Å². The fourth-order valence-electron chi connectivity index (χ4n) is 3.16. The highest BCUT2D eigenvalue weighted by atomic mass is 35.5. The first-order valence-corrected chi connectivity index (χ1v) is 9.02. The van der Waals surface area contributed by atoms with Gasteiger partial charge in [0.1, 0.15) is 12.0 Å². The number of carbonyl (C=O) groups is 1. The summed E-state index contributed by atoms with van der Waals surface area (Å²) in [5.41, 5.74) is 8.26. The Morgan fingerprint density at radius 1 is 1.27 bits per heavy atom. The van der Waals surface area contributed by atoms with Crippen molar-refractivity contribution >= 4 is 35.2 Å². The molecular weight excluding hydrogens is 375 g/mol. The molecule has 7 heteroatoms. The summed E-state index contributed by atoms with van der Waals surface area (Å²) < 4.78 is 11.0. The van der Waals surface area contributed by atoms with E-state index in [2.05, 4.69) is 4.90 Å². The summed E-state index contributed by atoms with van der Waals surface area (Å²) in [5, 5.41) is 0.702. The summed E-state index contributed by atoms with van der Waals surface area (Å²) in [5.74, 6) is 0.985. The zero-order valence-corrected chi connectivity index (χ0v) is 15.9. The third-order valence-corrected chi connectivity index (χ3v) is 5.01. The molecule has 0 spiro atoms. The second-order valence-electron chi connectivity index (χ2n) is 6.14. The van der Waals surface area contributed by atoms with Gasteiger partial charge in [0.2, 0.25) is 0 Å². The number of methoxy groups -OCH3 is 1. The summed E-state index contributed by atoms with van der Waals surface area (Å²) in [6.45, 7) is 2.09. The van der Waals surface area contributed by atoms with Crippen molar-refractivity contribution in [1.82, 2.24) is 4.90 Å². The molecule has 0 aromatic heterocycles. The van der Waals surface area contributed by atoms with Gasteiger partial charge in [0.05, 0.1) is 22.7 Å². The lowest BCUT2D eigenvalue weighted by atomic mass is 9.93. The van der Waals surface area contributed by atoms with Crippen molar-refractivity contribution in [2.45, 2.75) is 12.5 Å². The Bertz CT molecular complexity index is 790. The van der Waals surface area contributed by atoms with E-state index >= 15 is 0 Å². The van der Waals surface area contributed by atoms with Gasteiger partial charge in [-0.15, -0.1) is 0 Å². The van der Waals surface area contributed by atoms with E-state index in [1.165, 1.54) is 0 Å². The van der Waals surface area contributed by atoms with Crippen molar-refractivity contribution in [1.29, 1.82) is 0 Å². The van der Waals surface area contributed by atoms with Gasteiger partial charge in [0.15, 0.2) is 5.75 Å². The van der Waals surface area contributed by atoms with Crippen LogP contribution in [-0.4, -0.2) is 38.0 Å². The lowest BCUT2D eigenvalue weighted by Crippen LogP contribution is -2.38. The normalized spacial score (nSPS) is 17.0. The number of aldehydes is 1. The molecule has 0 amide bonds. The second-order valence-corrected chi connectivity index (χ2v) is 6.95. The van der Waals surface area contributed by atoms with E-state index in [0.717, 1.165) is 30.4 Å². The molecule has 2 aromatic carbocycles. The third kappa shape index (κ3) is 3.96. The summed E-state index contributed by atoms with van der Waals surface area (Å²) in [7, 11) is 1.66. The van der Waals surface area contributed by atoms with Crippen molar-refractivity contribution < 1.29 is 14.3 Å². The number of anilines is 1. The lowest BCUT2D eigenvalue weighted by Gasteiger charge is -2.34. The Hall–Kier alpha value is -1.79. The van der Waals surface area contributed by atoms with Crippen molar-refractivity contribution in [2.24, 2.45) is 0 Å². The van der Waals surface area contributed by atoms with Crippen LogP contribution in [0.5, 0.6) is 11.5 Å². The molecule has 0 saturated carbocycles. The minimum atomic E-state index is -0.272. The maximum absolute atomic E-state index is 11.6. The molecule has 0 radical (unpaired) electrons. The SMILES string of the molecule is COCCN1CCc2cc(Oc3c(Cl)cc(N)cc3Cl)ccc2C1C=O. The molecule has 1 aliphatic rings. The Balaban J connectivity index is 1.85. The third-order valence-electron chi connectivity index (χ3n) is 4.45. The van der Waals surface area contributed by atoms with Gasteiger partial charge in [-0.25, -0.2) is 0 Å². The number of fused-ring (bicyclic) bond motifs is 1. The molecule has 3 rings (SSSR count). The van der Waals surface area contributed by atoms with Gasteiger partial charge >= 0.3 is 0 Å². The molecule has 1 aliphatic heterocycles. The van der Waals surface area contributed by atoms with Crippen LogP contribution in [0, 0.1) is 0 Å². The number of carbonyl (C=O) groups excluding carboxylic acids is 1. The predicted molar refractivity (Wildman–Crippen MR) is 103 cm³/mol. The van der Waals surface area contributed by atoms with E-state index < -0.39 is 0 Å². The molecule has 1 unspecified atom stereocenters. The first-order valence-electron chi connectivity index (χ1n) is 8.27. The number of halogens is 2. The van der Waals surface area contributed by atoms with Gasteiger partial charge in [-0.3, -0.25) is 4.90 Å². The minimum absolute atomic E-state index is 0.272. The van der Waals surface area contributed by atoms with E-state index in [9.17, 15) is 4.79 Å². The number of nitrogens with two attached hydrogens (primary N) is 1. The molecule has 2 aromatic rings. The maximum Gasteiger partial charge on any atom is 0.164 e. The molecule has 26 heavy (non-hydrogen) atoms. The van der Waals surface area contributed by atoms with Crippen LogP contribution in [0.3, 0.4) is 0 Å². The number of hydrogen-bond donors (Lipinski definition) is 1. The Labute approximate surface area is 162 Å². The van der Waals surface area contributed by atoms with Crippen LogP contribution in [0.2, 0.25) is 10.0 Å². The average molecular weight is 395 g/mol. The van der Waals surface area contributed by atoms with Gasteiger partial charge in [0.25, 0.3) is 0 Å². The molecule has 1 heterocycles. The molecule has 138 valence electrons. The van der Waals surface area contributed by atoms with Gasteiger partial charge in [0, 0.05) is 25.9 Å². The molecule has 5 nitrogen and oxygen atoms in total. The van der Waals surface area contributed by atoms with Crippen molar-refractivity contribution in [2.75, 3.05) is 32.5 Å². The van der Waals surface area contributed by atoms with Gasteiger partial charge in [-0.05, 0) is 41.8 Å². The summed E-state index contributed by atoms with van der Waals surface area (Å²) in [6.07, 6.45) is 1.80. The quantitative estimate of drug-likeness (QED) is 0.589. The number of ether oxygens (including phenoxy) is 2. The molecule has 2 N–H and O–H groups in total. The Morgan fingerprint density at radius 3 is 2.65 bits per heavy atom. The van der Waals surface area contributed by atoms with Gasteiger partial charge in [-0.1, -0.05) is 29.3 Å². The number of nitrogens with zero attached hydrogens (tertiary/aromatic N) is 1. The van der Waals surface area contributed by atoms with Crippen LogP contribution in [0.4, 0.5) is 5.69 Å². The van der Waals surface area contributed by atoms with Crippen LogP contribution in [0.15, 0.2) is 30.3 Å². The highest BCUT2D eigenvalue weighted by Gasteiger charge is 2.27. The first kappa shape index (κ1) is 19.0. The predicted octanol–water partition coefficient (Wildman–Crippen LogP) is 4.11. The molecule has 0 bridgehead atoms. The number of rotatable bonds is 6. The van der Waals surface area contributed by atoms with Crippen molar-refractivity contribution in [3.63, 3.8) is 0 Å². The van der Waals surface area contributed by atoms with E-state index in [-0.39, 0.29) is 6.04 Å². The first-order chi connectivity index (χ1) is 12.5. The number of hydrogen-bond acceptors (Lipinski definition) is 5. The van der Waals surface area contributed by atoms with Crippen LogP contribution in [0.1, 0.15) is 17.2 Å². The molecule has 0 aliphatic carbocycles. The van der Waals surface area contributed by atoms with Gasteiger partial charge in [-0.2, -0.15) is 0 Å². The van der Waals surface area contributed by atoms with Crippen LogP contribution in [0.25, 0.3) is 0 Å². The molecule has 1 atom stereocenters.